The number of aliphatic carboxylic acids is 1. The highest BCUT2D eigenvalue weighted by Crippen LogP contribution is 2.23. The Morgan fingerprint density at radius 3 is 2.62 bits per heavy atom. The number of aryl methyl sites for hydroxylation is 1. The Kier molecular flexibility index (Phi) is 6.51. The molecule has 1 fully saturated rings. The van der Waals surface area contributed by atoms with Crippen LogP contribution in [0.1, 0.15) is 22.5 Å². The fraction of sp³-hybridized carbons (Fsp3) is 0.312. The van der Waals surface area contributed by atoms with E-state index < -0.39 is 11.9 Å². The second-order valence-electron chi connectivity index (χ2n) is 5.53. The molecule has 1 amide bonds. The average Bonchev–Trinajstić information content (AvgIpc) is 2.95. The van der Waals surface area contributed by atoms with Crippen LogP contribution in [0.3, 0.4) is 0 Å². The number of carbonyl (C=O) groups is 2. The van der Waals surface area contributed by atoms with Gasteiger partial charge >= 0.3 is 5.97 Å². The van der Waals surface area contributed by atoms with Gasteiger partial charge in [-0.2, -0.15) is 0 Å². The molecule has 0 bridgehead atoms. The predicted molar refractivity (Wildman–Crippen MR) is 92.6 cm³/mol. The van der Waals surface area contributed by atoms with E-state index in [-0.39, 0.29) is 43.1 Å². The molecule has 1 aromatic carbocycles. The Morgan fingerprint density at radius 1 is 1.29 bits per heavy atom. The summed E-state index contributed by atoms with van der Waals surface area (Å²) in [7, 11) is 0. The van der Waals surface area contributed by atoms with E-state index in [1.165, 1.54) is 17.0 Å². The smallest absolute Gasteiger partial charge is 0.308 e. The second kappa shape index (κ2) is 7.77. The Morgan fingerprint density at radius 2 is 2.00 bits per heavy atom. The fourth-order valence-electron chi connectivity index (χ4n) is 2.77. The monoisotopic (exact) mass is 374 g/mol. The molecule has 1 aromatic heterocycles. The zero-order chi connectivity index (χ0) is 15.9. The summed E-state index contributed by atoms with van der Waals surface area (Å²) in [5, 5.41) is 9.70. The average molecular weight is 375 g/mol. The third kappa shape index (κ3) is 3.76. The van der Waals surface area contributed by atoms with Gasteiger partial charge < -0.3 is 10.0 Å². The van der Waals surface area contributed by atoms with Crippen molar-refractivity contribution in [2.75, 3.05) is 13.1 Å². The summed E-state index contributed by atoms with van der Waals surface area (Å²) in [6.45, 7) is 2.34. The van der Waals surface area contributed by atoms with E-state index in [9.17, 15) is 14.0 Å². The van der Waals surface area contributed by atoms with Crippen LogP contribution in [0.2, 0.25) is 0 Å². The molecule has 1 atom stereocenters. The lowest BCUT2D eigenvalue weighted by atomic mass is 10.1. The largest absolute Gasteiger partial charge is 0.481 e. The molecule has 1 aliphatic rings. The quantitative estimate of drug-likeness (QED) is 0.876. The highest BCUT2D eigenvalue weighted by Gasteiger charge is 2.32. The zero-order valence-electron chi connectivity index (χ0n) is 12.9. The number of pyridine rings is 1. The molecule has 3 rings (SSSR count). The maximum atomic E-state index is 13.2. The van der Waals surface area contributed by atoms with Gasteiger partial charge in [-0.1, -0.05) is 0 Å². The Balaban J connectivity index is 0.00000144. The summed E-state index contributed by atoms with van der Waals surface area (Å²) >= 11 is 0. The van der Waals surface area contributed by atoms with Gasteiger partial charge in [-0.05, 0) is 31.5 Å². The van der Waals surface area contributed by atoms with E-state index in [1.807, 2.05) is 0 Å². The van der Waals surface area contributed by atoms with Crippen LogP contribution in [0.25, 0.3) is 10.9 Å². The topological polar surface area (TPSA) is 70.5 Å². The van der Waals surface area contributed by atoms with Gasteiger partial charge in [0.1, 0.15) is 5.82 Å². The first-order valence-corrected chi connectivity index (χ1v) is 7.04. The van der Waals surface area contributed by atoms with Crippen molar-refractivity contribution in [1.29, 1.82) is 0 Å². The number of halogens is 3. The Hall–Kier alpha value is -1.92. The van der Waals surface area contributed by atoms with Crippen LogP contribution in [0.15, 0.2) is 24.3 Å². The maximum absolute atomic E-state index is 13.2. The van der Waals surface area contributed by atoms with Crippen molar-refractivity contribution in [3.05, 3.63) is 41.3 Å². The number of hydrogen-bond donors (Lipinski definition) is 1. The van der Waals surface area contributed by atoms with Crippen LogP contribution in [0.4, 0.5) is 4.39 Å². The molecular formula is C16H17Cl2FN2O3. The number of carboxylic acids is 1. The Labute approximate surface area is 150 Å². The van der Waals surface area contributed by atoms with Crippen LogP contribution >= 0.6 is 24.8 Å². The molecule has 1 unspecified atom stereocenters. The van der Waals surface area contributed by atoms with Gasteiger partial charge in [-0.25, -0.2) is 4.39 Å². The molecular weight excluding hydrogens is 358 g/mol. The van der Waals surface area contributed by atoms with Gasteiger partial charge in [-0.3, -0.25) is 14.6 Å². The number of hydrogen-bond acceptors (Lipinski definition) is 3. The number of aromatic nitrogens is 1. The summed E-state index contributed by atoms with van der Waals surface area (Å²) in [5.74, 6) is -1.98. The first-order chi connectivity index (χ1) is 10.5. The molecule has 1 N–H and O–H groups in total. The summed E-state index contributed by atoms with van der Waals surface area (Å²) < 4.78 is 13.2. The van der Waals surface area contributed by atoms with Crippen molar-refractivity contribution in [3.8, 4) is 0 Å². The van der Waals surface area contributed by atoms with Crippen molar-refractivity contribution in [2.45, 2.75) is 13.3 Å². The summed E-state index contributed by atoms with van der Waals surface area (Å²) in [6, 6.07) is 5.92. The highest BCUT2D eigenvalue weighted by molar-refractivity contribution is 5.99. The van der Waals surface area contributed by atoms with Crippen molar-refractivity contribution in [2.24, 2.45) is 5.92 Å². The molecule has 2 heterocycles. The summed E-state index contributed by atoms with van der Waals surface area (Å²) in [6.07, 6.45) is 0.465. The van der Waals surface area contributed by atoms with Crippen molar-refractivity contribution in [1.82, 2.24) is 9.88 Å². The van der Waals surface area contributed by atoms with Crippen molar-refractivity contribution >= 4 is 47.6 Å². The van der Waals surface area contributed by atoms with Gasteiger partial charge in [0.15, 0.2) is 0 Å². The molecule has 2 aromatic rings. The van der Waals surface area contributed by atoms with E-state index in [2.05, 4.69) is 4.98 Å². The normalized spacial score (nSPS) is 16.4. The van der Waals surface area contributed by atoms with Crippen molar-refractivity contribution < 1.29 is 19.1 Å². The summed E-state index contributed by atoms with van der Waals surface area (Å²) in [5.41, 5.74) is 1.45. The lowest BCUT2D eigenvalue weighted by Gasteiger charge is -2.17. The number of nitrogens with zero attached hydrogens (tertiary/aromatic N) is 2. The lowest BCUT2D eigenvalue weighted by Crippen LogP contribution is -2.30. The fourth-order valence-corrected chi connectivity index (χ4v) is 2.77. The van der Waals surface area contributed by atoms with Crippen LogP contribution in [0.5, 0.6) is 0 Å². The molecule has 5 nitrogen and oxygen atoms in total. The van der Waals surface area contributed by atoms with Gasteiger partial charge in [0.2, 0.25) is 0 Å². The molecule has 0 spiro atoms. The van der Waals surface area contributed by atoms with E-state index in [0.717, 1.165) is 0 Å². The van der Waals surface area contributed by atoms with Crippen molar-refractivity contribution in [3.63, 3.8) is 0 Å². The lowest BCUT2D eigenvalue weighted by molar-refractivity contribution is -0.141. The minimum absolute atomic E-state index is 0. The molecule has 1 aliphatic heterocycles. The van der Waals surface area contributed by atoms with Gasteiger partial charge in [0.25, 0.3) is 5.91 Å². The zero-order valence-corrected chi connectivity index (χ0v) is 14.5. The number of carboxylic acid groups (broad SMARTS) is 1. The second-order valence-corrected chi connectivity index (χ2v) is 5.53. The van der Waals surface area contributed by atoms with Crippen LogP contribution < -0.4 is 0 Å². The van der Waals surface area contributed by atoms with E-state index in [0.29, 0.717) is 35.1 Å². The third-order valence-corrected chi connectivity index (χ3v) is 4.03. The van der Waals surface area contributed by atoms with Crippen LogP contribution in [-0.4, -0.2) is 40.0 Å². The maximum Gasteiger partial charge on any atom is 0.308 e. The first kappa shape index (κ1) is 20.1. The number of carbonyl (C=O) groups excluding carboxylic acids is 1. The highest BCUT2D eigenvalue weighted by atomic mass is 35.5. The molecule has 24 heavy (non-hydrogen) atoms. The SMILES string of the molecule is Cc1nc2cc(F)ccc2cc1C(=O)N1CCC(C(=O)O)C1.Cl.Cl. The predicted octanol–water partition coefficient (Wildman–Crippen LogP) is 3.07. The van der Waals surface area contributed by atoms with Gasteiger partial charge in [0.05, 0.1) is 22.7 Å². The summed E-state index contributed by atoms with van der Waals surface area (Å²) in [4.78, 5) is 29.4. The molecule has 0 radical (unpaired) electrons. The Bertz CT molecular complexity index is 785. The number of likely N-dealkylation sites (tertiary alicyclic amines) is 1. The molecule has 0 aliphatic carbocycles. The van der Waals surface area contributed by atoms with Crippen LogP contribution in [0, 0.1) is 18.7 Å². The van der Waals surface area contributed by atoms with Crippen LogP contribution in [-0.2, 0) is 4.79 Å². The minimum atomic E-state index is -0.876. The first-order valence-electron chi connectivity index (χ1n) is 7.04. The van der Waals surface area contributed by atoms with E-state index in [1.54, 1.807) is 19.1 Å². The molecule has 8 heteroatoms. The molecule has 1 saturated heterocycles. The number of rotatable bonds is 2. The standard InChI is InChI=1S/C16H15FN2O3.2ClH/c1-9-13(6-10-2-3-12(17)7-14(10)18-9)15(20)19-5-4-11(8-19)16(21)22;;/h2-3,6-7,11H,4-5,8H2,1H3,(H,21,22);2*1H. The molecule has 0 saturated carbocycles. The minimum Gasteiger partial charge on any atom is -0.481 e. The van der Waals surface area contributed by atoms with Gasteiger partial charge in [-0.15, -0.1) is 24.8 Å². The number of amides is 1. The third-order valence-electron chi connectivity index (χ3n) is 4.03. The molecule has 130 valence electrons. The number of fused-ring (bicyclic) bond motifs is 1. The number of benzene rings is 1. The van der Waals surface area contributed by atoms with E-state index >= 15 is 0 Å². The van der Waals surface area contributed by atoms with E-state index in [4.69, 9.17) is 5.11 Å². The van der Waals surface area contributed by atoms with Gasteiger partial charge in [0, 0.05) is 24.5 Å².